The molecule has 0 unspecified atom stereocenters. The normalized spacial score (nSPS) is 8.56. The molecule has 0 bridgehead atoms. The van der Waals surface area contributed by atoms with E-state index < -0.39 is 9.05 Å². The second-order valence-electron chi connectivity index (χ2n) is 0.908. The monoisotopic (exact) mass is 366 g/mol. The Morgan fingerprint density at radius 1 is 1.67 bits per heavy atom. The maximum atomic E-state index is 8.89. The van der Waals surface area contributed by atoms with Crippen molar-refractivity contribution in [2.75, 3.05) is 0 Å². The van der Waals surface area contributed by atoms with Crippen molar-refractivity contribution in [2.24, 2.45) is 0 Å². The molecular formula is C2H5HgNaO3S2. The van der Waals surface area contributed by atoms with E-state index in [1.165, 1.54) is 3.93 Å². The number of rotatable bonds is 0. The molecule has 3 nitrogen and oxygen atoms in total. The summed E-state index contributed by atoms with van der Waals surface area (Å²) in [5, 5.41) is 0. The molecule has 0 saturated heterocycles. The molecule has 46 valence electrons. The topological polar surface area (TPSA) is 63.2 Å². The molecule has 0 N–H and O–H groups in total. The summed E-state index contributed by atoms with van der Waals surface area (Å²) in [6, 6.07) is 0. The van der Waals surface area contributed by atoms with Crippen LogP contribution >= 0.6 is 0 Å². The molecule has 0 heterocycles. The van der Waals surface area contributed by atoms with Gasteiger partial charge in [-0.05, 0) is 11.2 Å². The van der Waals surface area contributed by atoms with Gasteiger partial charge in [0, 0.05) is 0 Å². The maximum absolute atomic E-state index is 8.89. The standard InChI is InChI=1S/C2H5.Hg.Na.H2O3S2/c1-2;;;1-5(2,3)4/h1H2,2H3;;;(H2,1,2,3,4)/q;2*+1;/p-2. The molecule has 0 aromatic heterocycles. The predicted octanol–water partition coefficient (Wildman–Crippen LogP) is -3.03. The third kappa shape index (κ3) is 140. The molecule has 0 fully saturated rings. The van der Waals surface area contributed by atoms with Gasteiger partial charge in [-0.25, -0.2) is 0 Å². The van der Waals surface area contributed by atoms with Gasteiger partial charge in [0.1, 0.15) is 0 Å². The molecule has 7 heteroatoms. The molecule has 0 atom stereocenters. The minimum atomic E-state index is -4.33. The summed E-state index contributed by atoms with van der Waals surface area (Å²) in [5.41, 5.74) is 0. The summed E-state index contributed by atoms with van der Waals surface area (Å²) in [6.07, 6.45) is 0. The summed E-state index contributed by atoms with van der Waals surface area (Å²) in [6.45, 7) is 2.21. The average Bonchev–Trinajstić information content (AvgIpc) is 1.27. The van der Waals surface area contributed by atoms with Crippen LogP contribution in [-0.4, -0.2) is 13.3 Å². The quantitative estimate of drug-likeness (QED) is 0.429. The van der Waals surface area contributed by atoms with Crippen molar-refractivity contribution >= 4 is 20.2 Å². The molecule has 0 radical (unpaired) electrons. The van der Waals surface area contributed by atoms with E-state index in [9.17, 15) is 0 Å². The van der Waals surface area contributed by atoms with Gasteiger partial charge in [0.2, 0.25) is 0 Å². The van der Waals surface area contributed by atoms with Crippen molar-refractivity contribution in [2.45, 2.75) is 10.9 Å². The first-order chi connectivity index (χ1) is 3.41. The van der Waals surface area contributed by atoms with E-state index in [-0.39, 0.29) is 29.6 Å². The van der Waals surface area contributed by atoms with Gasteiger partial charge in [-0.2, -0.15) is 0 Å². The summed E-state index contributed by atoms with van der Waals surface area (Å²) in [4.78, 5) is 0. The van der Waals surface area contributed by atoms with Crippen LogP contribution in [0, 0.1) is 0 Å². The second-order valence-corrected chi connectivity index (χ2v) is 6.84. The van der Waals surface area contributed by atoms with E-state index in [1.54, 1.807) is 0 Å². The Hall–Kier alpha value is 2.23. The Balaban J connectivity index is -0.0000000800. The summed E-state index contributed by atoms with van der Waals surface area (Å²) < 4.78 is 28.1. The van der Waals surface area contributed by atoms with Crippen molar-refractivity contribution in [1.29, 1.82) is 0 Å². The van der Waals surface area contributed by atoms with Crippen molar-refractivity contribution in [3.05, 3.63) is 0 Å². The van der Waals surface area contributed by atoms with Crippen LogP contribution < -0.4 is 29.6 Å². The summed E-state index contributed by atoms with van der Waals surface area (Å²) in [5.74, 6) is 0. The average molecular weight is 365 g/mol. The molecule has 0 spiro atoms. The number of hydrogen-bond donors (Lipinski definition) is 0. The van der Waals surface area contributed by atoms with Crippen LogP contribution in [0.25, 0.3) is 0 Å². The third-order valence-electron chi connectivity index (χ3n) is 0. The molecule has 0 saturated carbocycles. The minimum absolute atomic E-state index is 0. The second kappa shape index (κ2) is 10.2. The Bertz CT molecular complexity index is 114. The Morgan fingerprint density at radius 2 is 1.67 bits per heavy atom. The Morgan fingerprint density at radius 3 is 1.67 bits per heavy atom. The SMILES string of the molecule is C[CH2][Hg+].O=S([O-])([O-])=S.[Na+]. The molecule has 0 aliphatic heterocycles. The first-order valence-electron chi connectivity index (χ1n) is 1.87. The van der Waals surface area contributed by atoms with E-state index >= 15 is 0 Å². The van der Waals surface area contributed by atoms with Gasteiger partial charge in [-0.1, -0.05) is 0 Å². The van der Waals surface area contributed by atoms with Crippen molar-refractivity contribution in [1.82, 2.24) is 0 Å². The van der Waals surface area contributed by atoms with Gasteiger partial charge in [0.25, 0.3) is 0 Å². The molecule has 0 amide bonds. The molecule has 9 heavy (non-hydrogen) atoms. The van der Waals surface area contributed by atoms with E-state index in [2.05, 4.69) is 18.1 Å². The largest absolute Gasteiger partial charge is 1.00 e. The van der Waals surface area contributed by atoms with Crippen LogP contribution in [0.3, 0.4) is 0 Å². The zero-order valence-electron chi connectivity index (χ0n) is 5.46. The summed E-state index contributed by atoms with van der Waals surface area (Å²) >= 11 is 4.31. The van der Waals surface area contributed by atoms with E-state index in [0.29, 0.717) is 0 Å². The van der Waals surface area contributed by atoms with E-state index in [0.717, 1.165) is 26.1 Å². The molecule has 0 aliphatic rings. The first kappa shape index (κ1) is 17.3. The molecule has 0 rings (SSSR count). The van der Waals surface area contributed by atoms with Gasteiger partial charge in [0.05, 0.1) is 0 Å². The number of hydrogen-bond acceptors (Lipinski definition) is 4. The van der Waals surface area contributed by atoms with E-state index in [4.69, 9.17) is 13.3 Å². The van der Waals surface area contributed by atoms with Crippen LogP contribution in [-0.2, 0) is 46.4 Å². The van der Waals surface area contributed by atoms with Gasteiger partial charge in [0.15, 0.2) is 0 Å². The predicted molar refractivity (Wildman–Crippen MR) is 27.5 cm³/mol. The van der Waals surface area contributed by atoms with Crippen molar-refractivity contribution < 1.29 is 69.0 Å². The smallest absolute Gasteiger partial charge is 0.780 e. The van der Waals surface area contributed by atoms with Crippen molar-refractivity contribution in [3.8, 4) is 0 Å². The fourth-order valence-corrected chi connectivity index (χ4v) is 0. The zero-order chi connectivity index (χ0) is 7.21. The molecule has 0 aromatic rings. The van der Waals surface area contributed by atoms with Crippen molar-refractivity contribution in [3.63, 3.8) is 0 Å². The first-order valence-corrected chi connectivity index (χ1v) is 8.09. The third-order valence-corrected chi connectivity index (χ3v) is 0. The van der Waals surface area contributed by atoms with Crippen LogP contribution in [0.5, 0.6) is 0 Å². The Labute approximate surface area is 98.6 Å². The molecule has 0 aromatic carbocycles. The Kier molecular flexibility index (Phi) is 19.7. The molecule has 0 aliphatic carbocycles. The van der Waals surface area contributed by atoms with Crippen LogP contribution in [0.1, 0.15) is 6.92 Å². The van der Waals surface area contributed by atoms with Crippen LogP contribution in [0.4, 0.5) is 0 Å². The van der Waals surface area contributed by atoms with Gasteiger partial charge >= 0.3 is 66.5 Å². The van der Waals surface area contributed by atoms with Gasteiger partial charge in [-0.3, -0.25) is 4.21 Å². The van der Waals surface area contributed by atoms with E-state index in [1.807, 2.05) is 0 Å². The molecular weight excluding hydrogens is 360 g/mol. The van der Waals surface area contributed by atoms with Crippen LogP contribution in [0.15, 0.2) is 0 Å². The maximum Gasteiger partial charge on any atom is 1.00 e. The summed E-state index contributed by atoms with van der Waals surface area (Å²) in [7, 11) is -4.33. The van der Waals surface area contributed by atoms with Gasteiger partial charge in [-0.15, -0.1) is 9.05 Å². The van der Waals surface area contributed by atoms with Gasteiger partial charge < -0.3 is 9.11 Å². The fraction of sp³-hybridized carbons (Fsp3) is 1.00. The zero-order valence-corrected chi connectivity index (χ0v) is 14.6. The van der Waals surface area contributed by atoms with Crippen LogP contribution in [0.2, 0.25) is 3.93 Å². The fourth-order valence-electron chi connectivity index (χ4n) is 0. The minimum Gasteiger partial charge on any atom is -0.780 e.